The monoisotopic (exact) mass is 316 g/mol. The van der Waals surface area contributed by atoms with Crippen molar-refractivity contribution in [1.82, 2.24) is 0 Å². The molecule has 1 fully saturated rings. The number of allylic oxidation sites excluding steroid dienone is 1. The molecule has 0 N–H and O–H groups in total. The fourth-order valence-electron chi connectivity index (χ4n) is 4.33. The Morgan fingerprint density at radius 2 is 2.17 bits per heavy atom. The maximum Gasteiger partial charge on any atom is 0.309 e. The zero-order valence-corrected chi connectivity index (χ0v) is 14.3. The lowest BCUT2D eigenvalue weighted by Crippen LogP contribution is -2.49. The van der Waals surface area contributed by atoms with Gasteiger partial charge in [-0.25, -0.2) is 0 Å². The zero-order valence-electron chi connectivity index (χ0n) is 14.3. The fraction of sp³-hybridized carbons (Fsp3) is 0.632. The van der Waals surface area contributed by atoms with Gasteiger partial charge in [0.2, 0.25) is 0 Å². The number of carbonyl (C=O) groups excluding carboxylic acids is 1. The van der Waals surface area contributed by atoms with Crippen molar-refractivity contribution in [1.29, 1.82) is 0 Å². The van der Waals surface area contributed by atoms with Crippen LogP contribution in [0.2, 0.25) is 0 Å². The van der Waals surface area contributed by atoms with E-state index >= 15 is 0 Å². The summed E-state index contributed by atoms with van der Waals surface area (Å²) in [7, 11) is 0. The number of furan rings is 1. The SMILES string of the molecule is Cc1coc2c1[C@@H](OC(=O)C(C)C)[C@@]1(C)C(=CCC[C@]13CO3)C2. The Balaban J connectivity index is 1.86. The second-order valence-corrected chi connectivity index (χ2v) is 7.66. The van der Waals surface area contributed by atoms with Crippen LogP contribution in [-0.4, -0.2) is 18.2 Å². The molecule has 2 aliphatic carbocycles. The highest BCUT2D eigenvalue weighted by atomic mass is 16.6. The van der Waals surface area contributed by atoms with E-state index in [1.54, 1.807) is 6.26 Å². The lowest BCUT2D eigenvalue weighted by molar-refractivity contribution is -0.163. The van der Waals surface area contributed by atoms with E-state index in [1.807, 2.05) is 20.8 Å². The van der Waals surface area contributed by atoms with Gasteiger partial charge >= 0.3 is 5.97 Å². The molecule has 0 radical (unpaired) electrons. The molecule has 0 amide bonds. The molecule has 0 bridgehead atoms. The molecule has 0 saturated carbocycles. The van der Waals surface area contributed by atoms with Crippen LogP contribution in [0.3, 0.4) is 0 Å². The summed E-state index contributed by atoms with van der Waals surface area (Å²) >= 11 is 0. The van der Waals surface area contributed by atoms with Crippen molar-refractivity contribution in [2.24, 2.45) is 11.3 Å². The topological polar surface area (TPSA) is 52.0 Å². The number of fused-ring (bicyclic) bond motifs is 3. The number of hydrogen-bond donors (Lipinski definition) is 0. The van der Waals surface area contributed by atoms with Gasteiger partial charge in [0.1, 0.15) is 17.5 Å². The fourth-order valence-corrected chi connectivity index (χ4v) is 4.33. The molecule has 1 aliphatic heterocycles. The normalized spacial score (nSPS) is 34.8. The summed E-state index contributed by atoms with van der Waals surface area (Å²) in [4.78, 5) is 12.4. The molecule has 3 atom stereocenters. The number of hydrogen-bond acceptors (Lipinski definition) is 4. The van der Waals surface area contributed by atoms with Crippen molar-refractivity contribution in [3.8, 4) is 0 Å². The third kappa shape index (κ3) is 1.90. The van der Waals surface area contributed by atoms with Crippen LogP contribution >= 0.6 is 0 Å². The molecule has 1 saturated heterocycles. The third-order valence-electron chi connectivity index (χ3n) is 5.99. The minimum atomic E-state index is -0.325. The first-order valence-corrected chi connectivity index (χ1v) is 8.50. The van der Waals surface area contributed by atoms with Crippen molar-refractivity contribution in [3.63, 3.8) is 0 Å². The Labute approximate surface area is 136 Å². The number of esters is 1. The Morgan fingerprint density at radius 3 is 2.83 bits per heavy atom. The van der Waals surface area contributed by atoms with E-state index < -0.39 is 0 Å². The van der Waals surface area contributed by atoms with Gasteiger partial charge in [0.05, 0.1) is 24.2 Å². The van der Waals surface area contributed by atoms with Crippen molar-refractivity contribution in [2.45, 2.75) is 58.7 Å². The van der Waals surface area contributed by atoms with Crippen LogP contribution in [0.1, 0.15) is 56.6 Å². The van der Waals surface area contributed by atoms with Crippen LogP contribution in [0, 0.1) is 18.3 Å². The van der Waals surface area contributed by atoms with Crippen molar-refractivity contribution < 1.29 is 18.7 Å². The van der Waals surface area contributed by atoms with E-state index in [0.717, 1.165) is 42.8 Å². The summed E-state index contributed by atoms with van der Waals surface area (Å²) in [5.74, 6) is 0.624. The maximum atomic E-state index is 12.4. The maximum absolute atomic E-state index is 12.4. The highest BCUT2D eigenvalue weighted by Gasteiger charge is 2.67. The highest BCUT2D eigenvalue weighted by Crippen LogP contribution is 2.64. The molecule has 0 unspecified atom stereocenters. The van der Waals surface area contributed by atoms with Crippen LogP contribution in [-0.2, 0) is 20.7 Å². The van der Waals surface area contributed by atoms with Crippen molar-refractivity contribution in [3.05, 3.63) is 34.8 Å². The molecule has 4 rings (SSSR count). The van der Waals surface area contributed by atoms with Crippen molar-refractivity contribution in [2.75, 3.05) is 6.61 Å². The third-order valence-corrected chi connectivity index (χ3v) is 5.99. The van der Waals surface area contributed by atoms with Gasteiger partial charge in [-0.3, -0.25) is 4.79 Å². The average Bonchev–Trinajstić information content (AvgIpc) is 3.20. The molecule has 124 valence electrons. The summed E-state index contributed by atoms with van der Waals surface area (Å²) in [6.45, 7) is 8.73. The van der Waals surface area contributed by atoms with E-state index in [1.165, 1.54) is 5.57 Å². The Bertz CT molecular complexity index is 692. The van der Waals surface area contributed by atoms with Crippen LogP contribution in [0.4, 0.5) is 0 Å². The van der Waals surface area contributed by atoms with Crippen LogP contribution in [0.5, 0.6) is 0 Å². The summed E-state index contributed by atoms with van der Waals surface area (Å²) in [5.41, 5.74) is 2.93. The van der Waals surface area contributed by atoms with E-state index in [9.17, 15) is 4.79 Å². The molecule has 3 aliphatic rings. The number of rotatable bonds is 2. The minimum Gasteiger partial charge on any atom is -0.468 e. The molecule has 1 aromatic rings. The molecular formula is C19H24O4. The number of aryl methyl sites for hydroxylation is 1. The quantitative estimate of drug-likeness (QED) is 0.472. The molecular weight excluding hydrogens is 292 g/mol. The van der Waals surface area contributed by atoms with E-state index in [4.69, 9.17) is 13.9 Å². The smallest absolute Gasteiger partial charge is 0.309 e. The first-order chi connectivity index (χ1) is 10.9. The Morgan fingerprint density at radius 1 is 1.43 bits per heavy atom. The molecule has 2 heterocycles. The standard InChI is InChI=1S/C19H24O4/c1-11(2)17(20)23-16-15-12(3)9-21-14(15)8-13-6-5-7-19(10-22-19)18(13,16)4/h6,9,11,16H,5,7-8,10H2,1-4H3/t16-,18-,19+/m1/s1. The van der Waals surface area contributed by atoms with E-state index in [2.05, 4.69) is 13.0 Å². The summed E-state index contributed by atoms with van der Waals surface area (Å²) < 4.78 is 17.8. The second-order valence-electron chi connectivity index (χ2n) is 7.66. The van der Waals surface area contributed by atoms with Crippen LogP contribution in [0.25, 0.3) is 0 Å². The number of epoxide rings is 1. The van der Waals surface area contributed by atoms with Crippen LogP contribution < -0.4 is 0 Å². The second kappa shape index (κ2) is 4.73. The van der Waals surface area contributed by atoms with Gasteiger partial charge in [-0.15, -0.1) is 0 Å². The predicted octanol–water partition coefficient (Wildman–Crippen LogP) is 3.88. The van der Waals surface area contributed by atoms with Gasteiger partial charge in [0.15, 0.2) is 0 Å². The zero-order chi connectivity index (χ0) is 16.4. The van der Waals surface area contributed by atoms with Crippen LogP contribution in [0.15, 0.2) is 22.3 Å². The lowest BCUT2D eigenvalue weighted by atomic mass is 9.58. The molecule has 1 aromatic heterocycles. The minimum absolute atomic E-state index is 0.150. The number of carbonyl (C=O) groups is 1. The Kier molecular flexibility index (Phi) is 3.08. The summed E-state index contributed by atoms with van der Waals surface area (Å²) in [6.07, 6.45) is 6.56. The average molecular weight is 316 g/mol. The highest BCUT2D eigenvalue weighted by molar-refractivity contribution is 5.72. The Hall–Kier alpha value is -1.55. The molecule has 4 heteroatoms. The van der Waals surface area contributed by atoms with Gasteiger partial charge in [0.25, 0.3) is 0 Å². The molecule has 0 aromatic carbocycles. The van der Waals surface area contributed by atoms with Crippen molar-refractivity contribution >= 4 is 5.97 Å². The molecule has 23 heavy (non-hydrogen) atoms. The predicted molar refractivity (Wildman–Crippen MR) is 84.9 cm³/mol. The molecule has 4 nitrogen and oxygen atoms in total. The van der Waals surface area contributed by atoms with Gasteiger partial charge in [0, 0.05) is 12.0 Å². The number of ether oxygens (including phenoxy) is 2. The first kappa shape index (κ1) is 15.0. The van der Waals surface area contributed by atoms with E-state index in [-0.39, 0.29) is 29.0 Å². The van der Waals surface area contributed by atoms with Gasteiger partial charge < -0.3 is 13.9 Å². The summed E-state index contributed by atoms with van der Waals surface area (Å²) in [6, 6.07) is 0. The van der Waals surface area contributed by atoms with Gasteiger partial charge in [-0.05, 0) is 32.3 Å². The van der Waals surface area contributed by atoms with E-state index in [0.29, 0.717) is 0 Å². The van der Waals surface area contributed by atoms with Gasteiger partial charge in [-0.1, -0.05) is 25.5 Å². The lowest BCUT2D eigenvalue weighted by Gasteiger charge is -2.48. The largest absolute Gasteiger partial charge is 0.468 e. The van der Waals surface area contributed by atoms with Gasteiger partial charge in [-0.2, -0.15) is 0 Å². The first-order valence-electron chi connectivity index (χ1n) is 8.50. The summed E-state index contributed by atoms with van der Waals surface area (Å²) in [5, 5.41) is 0. The molecule has 1 spiro atoms.